The second-order valence-electron chi connectivity index (χ2n) is 6.91. The Bertz CT molecular complexity index is 781. The maximum atomic E-state index is 12.5. The zero-order chi connectivity index (χ0) is 18.0. The number of amides is 2. The lowest BCUT2D eigenvalue weighted by Crippen LogP contribution is -2.28. The smallest absolute Gasteiger partial charge is 0.225 e. The van der Waals surface area contributed by atoms with Crippen LogP contribution in [0.1, 0.15) is 50.2 Å². The summed E-state index contributed by atoms with van der Waals surface area (Å²) < 4.78 is 0. The van der Waals surface area contributed by atoms with Gasteiger partial charge in [0.2, 0.25) is 11.8 Å². The first-order valence-corrected chi connectivity index (χ1v) is 8.72. The molecule has 0 aliphatic carbocycles. The molecule has 0 bridgehead atoms. The number of para-hydroxylation sites is 1. The Morgan fingerprint density at radius 2 is 1.80 bits per heavy atom. The van der Waals surface area contributed by atoms with Gasteiger partial charge in [-0.15, -0.1) is 0 Å². The number of anilines is 2. The lowest BCUT2D eigenvalue weighted by Gasteiger charge is -2.15. The molecular weight excluding hydrogens is 312 g/mol. The monoisotopic (exact) mass is 336 g/mol. The van der Waals surface area contributed by atoms with Gasteiger partial charge in [0.05, 0.1) is 0 Å². The van der Waals surface area contributed by atoms with E-state index in [-0.39, 0.29) is 17.7 Å². The summed E-state index contributed by atoms with van der Waals surface area (Å²) in [6, 6.07) is 15.8. The molecule has 0 fully saturated rings. The van der Waals surface area contributed by atoms with Crippen LogP contribution in [-0.4, -0.2) is 18.4 Å². The normalized spacial score (nSPS) is 16.0. The van der Waals surface area contributed by atoms with Gasteiger partial charge in [0, 0.05) is 37.2 Å². The fraction of sp³-hybridized carbons (Fsp3) is 0.333. The van der Waals surface area contributed by atoms with Crippen molar-refractivity contribution in [2.75, 3.05) is 16.8 Å². The van der Waals surface area contributed by atoms with E-state index >= 15 is 0 Å². The number of fused-ring (bicyclic) bond motifs is 1. The van der Waals surface area contributed by atoms with Crippen molar-refractivity contribution in [1.29, 1.82) is 0 Å². The maximum Gasteiger partial charge on any atom is 0.225 e. The van der Waals surface area contributed by atoms with Gasteiger partial charge in [-0.3, -0.25) is 9.59 Å². The summed E-state index contributed by atoms with van der Waals surface area (Å²) in [7, 11) is 0. The molecule has 1 unspecified atom stereocenters. The average molecular weight is 336 g/mol. The van der Waals surface area contributed by atoms with Crippen LogP contribution in [0, 0.1) is 0 Å². The van der Waals surface area contributed by atoms with Crippen molar-refractivity contribution >= 4 is 23.2 Å². The van der Waals surface area contributed by atoms with Gasteiger partial charge in [0.15, 0.2) is 0 Å². The number of rotatable bonds is 4. The number of carbonyl (C=O) groups is 2. The van der Waals surface area contributed by atoms with E-state index in [1.165, 1.54) is 5.56 Å². The fourth-order valence-electron chi connectivity index (χ4n) is 3.36. The van der Waals surface area contributed by atoms with Gasteiger partial charge in [0.25, 0.3) is 0 Å². The highest BCUT2D eigenvalue weighted by Gasteiger charge is 2.31. The summed E-state index contributed by atoms with van der Waals surface area (Å²) in [5, 5.41) is 2.97. The molecule has 0 saturated heterocycles. The van der Waals surface area contributed by atoms with Crippen LogP contribution in [0.2, 0.25) is 0 Å². The first kappa shape index (κ1) is 17.2. The molecule has 1 heterocycles. The lowest BCUT2D eigenvalue weighted by molar-refractivity contribution is -0.118. The van der Waals surface area contributed by atoms with E-state index < -0.39 is 0 Å². The Labute approximate surface area is 148 Å². The highest BCUT2D eigenvalue weighted by Crippen LogP contribution is 2.38. The van der Waals surface area contributed by atoms with Gasteiger partial charge in [-0.25, -0.2) is 0 Å². The number of hydrogen-bond acceptors (Lipinski definition) is 2. The third kappa shape index (κ3) is 3.73. The van der Waals surface area contributed by atoms with E-state index in [1.54, 1.807) is 11.8 Å². The first-order chi connectivity index (χ1) is 12.0. The number of nitrogens with zero attached hydrogens (tertiary/aromatic N) is 1. The van der Waals surface area contributed by atoms with E-state index in [0.29, 0.717) is 18.9 Å². The van der Waals surface area contributed by atoms with Crippen LogP contribution < -0.4 is 10.2 Å². The van der Waals surface area contributed by atoms with E-state index in [0.717, 1.165) is 16.9 Å². The Hall–Kier alpha value is -2.62. The Balaban J connectivity index is 1.68. The van der Waals surface area contributed by atoms with Crippen LogP contribution in [0.5, 0.6) is 0 Å². The second-order valence-corrected chi connectivity index (χ2v) is 6.91. The SMILES string of the molecule is CC(=O)N1CC(CC(=O)Nc2ccc(C(C)C)cc2)c2ccccc21. The van der Waals surface area contributed by atoms with Gasteiger partial charge < -0.3 is 10.2 Å². The summed E-state index contributed by atoms with van der Waals surface area (Å²) in [6.45, 7) is 6.42. The third-order valence-electron chi connectivity index (χ3n) is 4.74. The van der Waals surface area contributed by atoms with Gasteiger partial charge >= 0.3 is 0 Å². The summed E-state index contributed by atoms with van der Waals surface area (Å²) in [5.41, 5.74) is 4.06. The Morgan fingerprint density at radius 3 is 2.44 bits per heavy atom. The number of carbonyl (C=O) groups excluding carboxylic acids is 2. The zero-order valence-electron chi connectivity index (χ0n) is 15.0. The molecule has 4 heteroatoms. The molecule has 25 heavy (non-hydrogen) atoms. The molecule has 0 aromatic heterocycles. The van der Waals surface area contributed by atoms with Crippen molar-refractivity contribution in [3.05, 3.63) is 59.7 Å². The van der Waals surface area contributed by atoms with Crippen molar-refractivity contribution in [2.45, 2.75) is 39.0 Å². The molecule has 0 spiro atoms. The molecule has 2 amide bonds. The van der Waals surface area contributed by atoms with Crippen LogP contribution in [0.15, 0.2) is 48.5 Å². The van der Waals surface area contributed by atoms with Crippen LogP contribution in [0.4, 0.5) is 11.4 Å². The highest BCUT2D eigenvalue weighted by atomic mass is 16.2. The Morgan fingerprint density at radius 1 is 1.12 bits per heavy atom. The number of nitrogens with one attached hydrogen (secondary N) is 1. The van der Waals surface area contributed by atoms with Crippen LogP contribution in [0.25, 0.3) is 0 Å². The van der Waals surface area contributed by atoms with Crippen molar-refractivity contribution < 1.29 is 9.59 Å². The largest absolute Gasteiger partial charge is 0.326 e. The molecule has 3 rings (SSSR count). The highest BCUT2D eigenvalue weighted by molar-refractivity contribution is 5.96. The molecule has 1 N–H and O–H groups in total. The second kappa shape index (κ2) is 7.09. The quantitative estimate of drug-likeness (QED) is 0.905. The molecule has 2 aromatic carbocycles. The van der Waals surface area contributed by atoms with Gasteiger partial charge in [0.1, 0.15) is 0 Å². The van der Waals surface area contributed by atoms with E-state index in [4.69, 9.17) is 0 Å². The van der Waals surface area contributed by atoms with Gasteiger partial charge in [-0.05, 0) is 35.2 Å². The van der Waals surface area contributed by atoms with Crippen LogP contribution in [0.3, 0.4) is 0 Å². The zero-order valence-corrected chi connectivity index (χ0v) is 15.0. The van der Waals surface area contributed by atoms with Crippen molar-refractivity contribution in [3.8, 4) is 0 Å². The van der Waals surface area contributed by atoms with E-state index in [9.17, 15) is 9.59 Å². The number of hydrogen-bond donors (Lipinski definition) is 1. The predicted molar refractivity (Wildman–Crippen MR) is 101 cm³/mol. The number of benzene rings is 2. The van der Waals surface area contributed by atoms with Crippen molar-refractivity contribution in [1.82, 2.24) is 0 Å². The summed E-state index contributed by atoms with van der Waals surface area (Å²) in [6.07, 6.45) is 0.368. The van der Waals surface area contributed by atoms with Gasteiger partial charge in [-0.2, -0.15) is 0 Å². The van der Waals surface area contributed by atoms with E-state index in [1.807, 2.05) is 48.5 Å². The molecule has 1 atom stereocenters. The van der Waals surface area contributed by atoms with Crippen LogP contribution in [-0.2, 0) is 9.59 Å². The summed E-state index contributed by atoms with van der Waals surface area (Å²) >= 11 is 0. The minimum atomic E-state index is -0.0255. The van der Waals surface area contributed by atoms with Gasteiger partial charge in [-0.1, -0.05) is 44.2 Å². The molecule has 130 valence electrons. The molecule has 1 aliphatic rings. The molecule has 0 saturated carbocycles. The minimum Gasteiger partial charge on any atom is -0.326 e. The fourth-order valence-corrected chi connectivity index (χ4v) is 3.36. The third-order valence-corrected chi connectivity index (χ3v) is 4.74. The predicted octanol–water partition coefficient (Wildman–Crippen LogP) is 4.29. The molecule has 2 aromatic rings. The maximum absolute atomic E-state index is 12.5. The topological polar surface area (TPSA) is 49.4 Å². The first-order valence-electron chi connectivity index (χ1n) is 8.72. The van der Waals surface area contributed by atoms with E-state index in [2.05, 4.69) is 19.2 Å². The average Bonchev–Trinajstić information content (AvgIpc) is 2.94. The minimum absolute atomic E-state index is 0.0135. The summed E-state index contributed by atoms with van der Waals surface area (Å²) in [4.78, 5) is 26.1. The van der Waals surface area contributed by atoms with Crippen molar-refractivity contribution in [3.63, 3.8) is 0 Å². The molecule has 4 nitrogen and oxygen atoms in total. The van der Waals surface area contributed by atoms with Crippen LogP contribution >= 0.6 is 0 Å². The molecular formula is C21H24N2O2. The summed E-state index contributed by atoms with van der Waals surface area (Å²) in [5.74, 6) is 0.495. The molecule has 0 radical (unpaired) electrons. The Kier molecular flexibility index (Phi) is 4.88. The lowest BCUT2D eigenvalue weighted by atomic mass is 9.97. The van der Waals surface area contributed by atoms with Crippen molar-refractivity contribution in [2.24, 2.45) is 0 Å². The standard InChI is InChI=1S/C21H24N2O2/c1-14(2)16-8-10-18(11-9-16)22-21(25)12-17-13-23(15(3)24)20-7-5-4-6-19(17)20/h4-11,14,17H,12-13H2,1-3H3,(H,22,25). The molecule has 1 aliphatic heterocycles.